The molecule has 0 bridgehead atoms. The van der Waals surface area contributed by atoms with Crippen molar-refractivity contribution >= 4 is 13.3 Å². The third kappa shape index (κ3) is 2.48. The summed E-state index contributed by atoms with van der Waals surface area (Å²) in [5, 5.41) is 11.0. The fourth-order valence-electron chi connectivity index (χ4n) is 1.37. The van der Waals surface area contributed by atoms with E-state index < -0.39 is 8.07 Å². The maximum Gasteiger partial charge on any atom is 0.119 e. The highest BCUT2D eigenvalue weighted by Crippen LogP contribution is 2.17. The highest BCUT2D eigenvalue weighted by atomic mass is 28.3. The summed E-state index contributed by atoms with van der Waals surface area (Å²) < 4.78 is 0. The molecule has 14 heavy (non-hydrogen) atoms. The average Bonchev–Trinajstić information content (AvgIpc) is 2.07. The van der Waals surface area contributed by atoms with Crippen LogP contribution in [0.15, 0.2) is 30.9 Å². The minimum Gasteiger partial charge on any atom is -0.508 e. The van der Waals surface area contributed by atoms with E-state index >= 15 is 0 Å². The smallest absolute Gasteiger partial charge is 0.119 e. The molecule has 0 radical (unpaired) electrons. The van der Waals surface area contributed by atoms with Crippen molar-refractivity contribution < 1.29 is 5.11 Å². The van der Waals surface area contributed by atoms with Gasteiger partial charge in [-0.15, -0.1) is 6.58 Å². The second-order valence-corrected chi connectivity index (χ2v) is 9.66. The van der Waals surface area contributed by atoms with Crippen molar-refractivity contribution in [2.24, 2.45) is 0 Å². The SMILES string of the molecule is C=CCc1cc([Si](C)(C)C)ccc1O. The van der Waals surface area contributed by atoms with E-state index in [2.05, 4.69) is 32.3 Å². The maximum atomic E-state index is 9.60. The van der Waals surface area contributed by atoms with Crippen LogP contribution in [0.1, 0.15) is 5.56 Å². The second-order valence-electron chi connectivity index (χ2n) is 4.59. The first-order chi connectivity index (χ1) is 6.45. The third-order valence-corrected chi connectivity index (χ3v) is 4.35. The predicted octanol–water partition coefficient (Wildman–Crippen LogP) is 2.67. The van der Waals surface area contributed by atoms with Gasteiger partial charge in [0.2, 0.25) is 0 Å². The van der Waals surface area contributed by atoms with Crippen molar-refractivity contribution in [1.29, 1.82) is 0 Å². The maximum absolute atomic E-state index is 9.60. The first-order valence-electron chi connectivity index (χ1n) is 4.88. The molecule has 0 fully saturated rings. The van der Waals surface area contributed by atoms with Crippen LogP contribution < -0.4 is 5.19 Å². The molecular formula is C12H18OSi. The monoisotopic (exact) mass is 206 g/mol. The minimum absolute atomic E-state index is 0.381. The van der Waals surface area contributed by atoms with Crippen molar-refractivity contribution in [2.45, 2.75) is 26.1 Å². The van der Waals surface area contributed by atoms with Crippen LogP contribution >= 0.6 is 0 Å². The minimum atomic E-state index is -1.26. The van der Waals surface area contributed by atoms with Gasteiger partial charge in [0.15, 0.2) is 0 Å². The van der Waals surface area contributed by atoms with Crippen LogP contribution in [0.3, 0.4) is 0 Å². The van der Waals surface area contributed by atoms with E-state index in [1.54, 1.807) is 6.07 Å². The summed E-state index contributed by atoms with van der Waals surface area (Å²) in [4.78, 5) is 0. The van der Waals surface area contributed by atoms with E-state index in [-0.39, 0.29) is 0 Å². The third-order valence-electron chi connectivity index (χ3n) is 2.31. The second kappa shape index (κ2) is 4.01. The Balaban J connectivity index is 3.12. The van der Waals surface area contributed by atoms with Gasteiger partial charge in [0.05, 0.1) is 8.07 Å². The van der Waals surface area contributed by atoms with Crippen molar-refractivity contribution in [1.82, 2.24) is 0 Å². The molecule has 0 unspecified atom stereocenters. The molecule has 0 aliphatic heterocycles. The Hall–Kier alpha value is -1.02. The van der Waals surface area contributed by atoms with E-state index in [0.29, 0.717) is 5.75 Å². The summed E-state index contributed by atoms with van der Waals surface area (Å²) in [5.74, 6) is 0.381. The average molecular weight is 206 g/mol. The Kier molecular flexibility index (Phi) is 3.16. The quantitative estimate of drug-likeness (QED) is 0.595. The van der Waals surface area contributed by atoms with Gasteiger partial charge in [0.1, 0.15) is 5.75 Å². The largest absolute Gasteiger partial charge is 0.508 e. The van der Waals surface area contributed by atoms with E-state index in [1.807, 2.05) is 12.1 Å². The van der Waals surface area contributed by atoms with Gasteiger partial charge in [-0.3, -0.25) is 0 Å². The fourth-order valence-corrected chi connectivity index (χ4v) is 2.56. The normalized spacial score (nSPS) is 11.4. The number of phenols is 1. The van der Waals surface area contributed by atoms with Gasteiger partial charge < -0.3 is 5.11 Å². The molecule has 0 spiro atoms. The highest BCUT2D eigenvalue weighted by molar-refractivity contribution is 6.88. The molecule has 0 saturated heterocycles. The summed E-state index contributed by atoms with van der Waals surface area (Å²) in [6.07, 6.45) is 2.56. The molecule has 1 nitrogen and oxygen atoms in total. The number of aromatic hydroxyl groups is 1. The first kappa shape index (κ1) is 11.1. The molecule has 0 atom stereocenters. The van der Waals surface area contributed by atoms with E-state index in [1.165, 1.54) is 5.19 Å². The van der Waals surface area contributed by atoms with Crippen LogP contribution in [-0.4, -0.2) is 13.2 Å². The zero-order valence-electron chi connectivity index (χ0n) is 9.17. The molecule has 0 heterocycles. The number of hydrogen-bond donors (Lipinski definition) is 1. The summed E-state index contributed by atoms with van der Waals surface area (Å²) in [6, 6.07) is 5.95. The van der Waals surface area contributed by atoms with Crippen LogP contribution in [0, 0.1) is 0 Å². The summed E-state index contributed by atoms with van der Waals surface area (Å²) in [7, 11) is -1.26. The predicted molar refractivity (Wildman–Crippen MR) is 65.0 cm³/mol. The number of hydrogen-bond acceptors (Lipinski definition) is 1. The molecule has 0 aliphatic carbocycles. The highest BCUT2D eigenvalue weighted by Gasteiger charge is 2.17. The zero-order chi connectivity index (χ0) is 10.8. The van der Waals surface area contributed by atoms with Gasteiger partial charge >= 0.3 is 0 Å². The topological polar surface area (TPSA) is 20.2 Å². The number of phenolic OH excluding ortho intramolecular Hbond substituents is 1. The molecule has 1 aromatic carbocycles. The van der Waals surface area contributed by atoms with E-state index in [4.69, 9.17) is 0 Å². The molecule has 0 amide bonds. The number of allylic oxidation sites excluding steroid dienone is 1. The first-order valence-corrected chi connectivity index (χ1v) is 8.38. The molecule has 0 aromatic heterocycles. The Morgan fingerprint density at radius 1 is 1.36 bits per heavy atom. The van der Waals surface area contributed by atoms with Crippen molar-refractivity contribution in [3.8, 4) is 5.75 Å². The molecule has 1 aromatic rings. The molecule has 0 aliphatic rings. The fraction of sp³-hybridized carbons (Fsp3) is 0.333. The van der Waals surface area contributed by atoms with Crippen molar-refractivity contribution in [2.75, 3.05) is 0 Å². The van der Waals surface area contributed by atoms with E-state index in [0.717, 1.165) is 12.0 Å². The standard InChI is InChI=1S/C12H18OSi/c1-5-6-10-9-11(14(2,3)4)7-8-12(10)13/h5,7-9,13H,1,6H2,2-4H3. The van der Waals surface area contributed by atoms with Gasteiger partial charge in [-0.05, 0) is 18.1 Å². The van der Waals surface area contributed by atoms with Crippen molar-refractivity contribution in [3.05, 3.63) is 36.4 Å². The lowest BCUT2D eigenvalue weighted by molar-refractivity contribution is 0.470. The lowest BCUT2D eigenvalue weighted by Crippen LogP contribution is -2.37. The molecular weight excluding hydrogens is 188 g/mol. The van der Waals surface area contributed by atoms with Gasteiger partial charge in [0, 0.05) is 0 Å². The van der Waals surface area contributed by atoms with Crippen LogP contribution in [0.25, 0.3) is 0 Å². The Bertz CT molecular complexity index is 337. The number of rotatable bonds is 3. The van der Waals surface area contributed by atoms with Crippen LogP contribution in [0.2, 0.25) is 19.6 Å². The van der Waals surface area contributed by atoms with Gasteiger partial charge in [-0.2, -0.15) is 0 Å². The van der Waals surface area contributed by atoms with Crippen LogP contribution in [0.5, 0.6) is 5.75 Å². The molecule has 0 saturated carbocycles. The Morgan fingerprint density at radius 2 is 2.00 bits per heavy atom. The van der Waals surface area contributed by atoms with Gasteiger partial charge in [-0.1, -0.05) is 43.0 Å². The summed E-state index contributed by atoms with van der Waals surface area (Å²) >= 11 is 0. The van der Waals surface area contributed by atoms with E-state index in [9.17, 15) is 5.11 Å². The lowest BCUT2D eigenvalue weighted by atomic mass is 10.1. The molecule has 2 heteroatoms. The summed E-state index contributed by atoms with van der Waals surface area (Å²) in [6.45, 7) is 10.6. The summed E-state index contributed by atoms with van der Waals surface area (Å²) in [5.41, 5.74) is 0.986. The Morgan fingerprint density at radius 3 is 2.50 bits per heavy atom. The zero-order valence-corrected chi connectivity index (χ0v) is 10.2. The van der Waals surface area contributed by atoms with Gasteiger partial charge in [0.25, 0.3) is 0 Å². The Labute approximate surface area is 87.1 Å². The molecule has 1 N–H and O–H groups in total. The lowest BCUT2D eigenvalue weighted by Gasteiger charge is -2.17. The van der Waals surface area contributed by atoms with Crippen LogP contribution in [0.4, 0.5) is 0 Å². The van der Waals surface area contributed by atoms with Gasteiger partial charge in [-0.25, -0.2) is 0 Å². The number of benzene rings is 1. The van der Waals surface area contributed by atoms with Crippen LogP contribution in [-0.2, 0) is 6.42 Å². The molecule has 76 valence electrons. The van der Waals surface area contributed by atoms with Crippen molar-refractivity contribution in [3.63, 3.8) is 0 Å². The molecule has 1 rings (SSSR count).